The minimum atomic E-state index is -0.161. The van der Waals surface area contributed by atoms with E-state index < -0.39 is 0 Å². The summed E-state index contributed by atoms with van der Waals surface area (Å²) in [6, 6.07) is 0. The molecule has 0 bridgehead atoms. The number of hydrogen-bond donors (Lipinski definition) is 3. The molecule has 1 heterocycles. The van der Waals surface area contributed by atoms with Gasteiger partial charge < -0.3 is 15.7 Å². The second-order valence-electron chi connectivity index (χ2n) is 5.41. The molecule has 126 valence electrons. The third kappa shape index (κ3) is 6.00. The lowest BCUT2D eigenvalue weighted by Crippen LogP contribution is -2.41. The molecule has 2 atom stereocenters. The Morgan fingerprint density at radius 3 is 2.82 bits per heavy atom. The third-order valence-corrected chi connectivity index (χ3v) is 4.94. The Hall–Kier alpha value is -0.410. The van der Waals surface area contributed by atoms with E-state index in [1.54, 1.807) is 11.3 Å². The van der Waals surface area contributed by atoms with Crippen molar-refractivity contribution in [3.8, 4) is 0 Å². The van der Waals surface area contributed by atoms with Crippen molar-refractivity contribution in [3.05, 3.63) is 16.1 Å². The van der Waals surface area contributed by atoms with E-state index in [0.717, 1.165) is 49.7 Å². The van der Waals surface area contributed by atoms with Gasteiger partial charge in [0.2, 0.25) is 0 Å². The van der Waals surface area contributed by atoms with Crippen molar-refractivity contribution in [1.29, 1.82) is 0 Å². The van der Waals surface area contributed by atoms with Crippen LogP contribution in [0.4, 0.5) is 0 Å². The van der Waals surface area contributed by atoms with Crippen molar-refractivity contribution < 1.29 is 5.11 Å². The van der Waals surface area contributed by atoms with Crippen molar-refractivity contribution in [2.75, 3.05) is 13.1 Å². The van der Waals surface area contributed by atoms with Gasteiger partial charge in [-0.15, -0.1) is 35.3 Å². The molecule has 22 heavy (non-hydrogen) atoms. The number of nitrogens with one attached hydrogen (secondary N) is 2. The van der Waals surface area contributed by atoms with E-state index >= 15 is 0 Å². The molecule has 0 saturated heterocycles. The van der Waals surface area contributed by atoms with Crippen LogP contribution in [0.2, 0.25) is 0 Å². The lowest BCUT2D eigenvalue weighted by atomic mass is 10.1. The Labute approximate surface area is 154 Å². The molecule has 7 heteroatoms. The number of halogens is 1. The number of aliphatic imine (C=N–C) groups is 1. The molecule has 1 aromatic heterocycles. The van der Waals surface area contributed by atoms with Crippen molar-refractivity contribution in [2.45, 2.75) is 52.2 Å². The summed E-state index contributed by atoms with van der Waals surface area (Å²) in [4.78, 5) is 10.3. The molecule has 5 nitrogen and oxygen atoms in total. The number of aryl methyl sites for hydroxylation is 1. The standard InChI is InChI=1S/C15H26N4OS.HI/c1-3-12-9-17-14(21-12)10-19-15(16-4-2)18-8-11-6-5-7-13(11)20;/h9,11,13,20H,3-8,10H2,1-2H3,(H2,16,18,19);1H. The maximum atomic E-state index is 9.86. The molecule has 0 aliphatic heterocycles. The van der Waals surface area contributed by atoms with E-state index in [9.17, 15) is 5.11 Å². The van der Waals surface area contributed by atoms with Crippen LogP contribution in [0.15, 0.2) is 11.2 Å². The largest absolute Gasteiger partial charge is 0.393 e. The first-order valence-corrected chi connectivity index (χ1v) is 8.68. The molecular weight excluding hydrogens is 411 g/mol. The first kappa shape index (κ1) is 19.6. The number of nitrogens with zero attached hydrogens (tertiary/aromatic N) is 2. The van der Waals surface area contributed by atoms with E-state index in [2.05, 4.69) is 34.5 Å². The molecule has 1 aliphatic carbocycles. The van der Waals surface area contributed by atoms with Crippen LogP contribution < -0.4 is 10.6 Å². The van der Waals surface area contributed by atoms with Crippen molar-refractivity contribution >= 4 is 41.3 Å². The average molecular weight is 438 g/mol. The smallest absolute Gasteiger partial charge is 0.191 e. The lowest BCUT2D eigenvalue weighted by Gasteiger charge is -2.17. The van der Waals surface area contributed by atoms with Crippen LogP contribution in [-0.2, 0) is 13.0 Å². The first-order chi connectivity index (χ1) is 10.2. The fourth-order valence-electron chi connectivity index (χ4n) is 2.56. The Morgan fingerprint density at radius 2 is 2.23 bits per heavy atom. The predicted octanol–water partition coefficient (Wildman–Crippen LogP) is 2.54. The van der Waals surface area contributed by atoms with Gasteiger partial charge in [0.25, 0.3) is 0 Å². The molecule has 3 N–H and O–H groups in total. The molecule has 1 aromatic rings. The van der Waals surface area contributed by atoms with E-state index in [1.807, 2.05) is 6.20 Å². The van der Waals surface area contributed by atoms with Gasteiger partial charge in [-0.3, -0.25) is 0 Å². The summed E-state index contributed by atoms with van der Waals surface area (Å²) in [5.74, 6) is 1.16. The highest BCUT2D eigenvalue weighted by atomic mass is 127. The number of aliphatic hydroxyl groups excluding tert-OH is 1. The fourth-order valence-corrected chi connectivity index (χ4v) is 3.34. The minimum absolute atomic E-state index is 0. The third-order valence-electron chi connectivity index (χ3n) is 3.82. The van der Waals surface area contributed by atoms with Crippen LogP contribution in [0.25, 0.3) is 0 Å². The van der Waals surface area contributed by atoms with Gasteiger partial charge in [0.05, 0.1) is 12.6 Å². The summed E-state index contributed by atoms with van der Waals surface area (Å²) >= 11 is 1.72. The number of rotatable bonds is 6. The zero-order valence-corrected chi connectivity index (χ0v) is 16.5. The van der Waals surface area contributed by atoms with Gasteiger partial charge in [-0.1, -0.05) is 13.3 Å². The molecule has 0 aromatic carbocycles. The van der Waals surface area contributed by atoms with Crippen molar-refractivity contribution in [2.24, 2.45) is 10.9 Å². The number of aliphatic hydroxyl groups is 1. The number of guanidine groups is 1. The molecule has 1 fully saturated rings. The highest BCUT2D eigenvalue weighted by Gasteiger charge is 2.24. The lowest BCUT2D eigenvalue weighted by molar-refractivity contribution is 0.134. The van der Waals surface area contributed by atoms with Crippen LogP contribution in [-0.4, -0.2) is 35.2 Å². The summed E-state index contributed by atoms with van der Waals surface area (Å²) in [5, 5.41) is 17.5. The number of hydrogen-bond acceptors (Lipinski definition) is 4. The molecule has 1 aliphatic rings. The minimum Gasteiger partial charge on any atom is -0.393 e. The van der Waals surface area contributed by atoms with Crippen LogP contribution in [0.3, 0.4) is 0 Å². The maximum absolute atomic E-state index is 9.86. The van der Waals surface area contributed by atoms with Gasteiger partial charge in [-0.05, 0) is 26.2 Å². The van der Waals surface area contributed by atoms with Gasteiger partial charge in [0.1, 0.15) is 5.01 Å². The zero-order chi connectivity index (χ0) is 15.1. The first-order valence-electron chi connectivity index (χ1n) is 7.86. The molecule has 0 amide bonds. The molecule has 0 radical (unpaired) electrons. The number of aromatic nitrogens is 1. The zero-order valence-electron chi connectivity index (χ0n) is 13.3. The monoisotopic (exact) mass is 438 g/mol. The second-order valence-corrected chi connectivity index (χ2v) is 6.61. The highest BCUT2D eigenvalue weighted by molar-refractivity contribution is 14.0. The van der Waals surface area contributed by atoms with Crippen molar-refractivity contribution in [3.63, 3.8) is 0 Å². The Morgan fingerprint density at radius 1 is 1.41 bits per heavy atom. The Balaban J connectivity index is 0.00000242. The normalized spacial score (nSPS) is 21.5. The molecule has 2 rings (SSSR count). The van der Waals surface area contributed by atoms with E-state index in [0.29, 0.717) is 12.5 Å². The van der Waals surface area contributed by atoms with Crippen LogP contribution in [0, 0.1) is 5.92 Å². The summed E-state index contributed by atoms with van der Waals surface area (Å²) in [6.07, 6.45) is 5.95. The summed E-state index contributed by atoms with van der Waals surface area (Å²) < 4.78 is 0. The van der Waals surface area contributed by atoms with Crippen LogP contribution in [0.5, 0.6) is 0 Å². The molecule has 2 unspecified atom stereocenters. The summed E-state index contributed by atoms with van der Waals surface area (Å²) in [7, 11) is 0. The van der Waals surface area contributed by atoms with Crippen LogP contribution in [0.1, 0.15) is 43.0 Å². The summed E-state index contributed by atoms with van der Waals surface area (Å²) in [6.45, 7) is 6.41. The van der Waals surface area contributed by atoms with Gasteiger partial charge >= 0.3 is 0 Å². The quantitative estimate of drug-likeness (QED) is 0.363. The average Bonchev–Trinajstić information content (AvgIpc) is 3.11. The predicted molar refractivity (Wildman–Crippen MR) is 103 cm³/mol. The fraction of sp³-hybridized carbons (Fsp3) is 0.733. The summed E-state index contributed by atoms with van der Waals surface area (Å²) in [5.41, 5.74) is 0. The molecule has 1 saturated carbocycles. The number of thiazole rings is 1. The Kier molecular flexibility index (Phi) is 9.27. The van der Waals surface area contributed by atoms with Gasteiger partial charge in [-0.25, -0.2) is 9.98 Å². The van der Waals surface area contributed by atoms with E-state index in [1.165, 1.54) is 4.88 Å². The Bertz CT molecular complexity index is 466. The maximum Gasteiger partial charge on any atom is 0.191 e. The van der Waals surface area contributed by atoms with Gasteiger partial charge in [0.15, 0.2) is 5.96 Å². The topological polar surface area (TPSA) is 69.5 Å². The molecular formula is C15H27IN4OS. The SMILES string of the molecule is CCNC(=NCc1ncc(CC)s1)NCC1CCCC1O.I. The van der Waals surface area contributed by atoms with E-state index in [4.69, 9.17) is 0 Å². The van der Waals surface area contributed by atoms with Crippen molar-refractivity contribution in [1.82, 2.24) is 15.6 Å². The second kappa shape index (κ2) is 10.4. The van der Waals surface area contributed by atoms with Gasteiger partial charge in [-0.2, -0.15) is 0 Å². The van der Waals surface area contributed by atoms with E-state index in [-0.39, 0.29) is 30.1 Å². The molecule has 0 spiro atoms. The highest BCUT2D eigenvalue weighted by Crippen LogP contribution is 2.24. The van der Waals surface area contributed by atoms with Crippen LogP contribution >= 0.6 is 35.3 Å². The van der Waals surface area contributed by atoms with Gasteiger partial charge in [0, 0.05) is 30.1 Å².